The Labute approximate surface area is 86.8 Å². The first-order valence-corrected chi connectivity index (χ1v) is 4.02. The van der Waals surface area contributed by atoms with Crippen LogP contribution in [0.5, 0.6) is 0 Å². The summed E-state index contributed by atoms with van der Waals surface area (Å²) >= 11 is 0. The van der Waals surface area contributed by atoms with Crippen molar-refractivity contribution in [1.29, 1.82) is 0 Å². The van der Waals surface area contributed by atoms with Gasteiger partial charge in [-0.05, 0) is 0 Å². The van der Waals surface area contributed by atoms with Gasteiger partial charge in [-0.3, -0.25) is 4.79 Å². The van der Waals surface area contributed by atoms with Gasteiger partial charge in [-0.1, -0.05) is 6.58 Å². The second kappa shape index (κ2) is 6.58. The van der Waals surface area contributed by atoms with Crippen LogP contribution >= 0.6 is 0 Å². The highest BCUT2D eigenvalue weighted by Gasteiger charge is 2.26. The van der Waals surface area contributed by atoms with Crippen molar-refractivity contribution in [3.05, 3.63) is 12.7 Å². The van der Waals surface area contributed by atoms with Crippen LogP contribution in [0.3, 0.4) is 0 Å². The number of methoxy groups -OCH3 is 2. The maximum Gasteiger partial charge on any atom is 0.347 e. The Morgan fingerprint density at radius 3 is 2.27 bits per heavy atom. The maximum absolute atomic E-state index is 11.1. The van der Waals surface area contributed by atoms with Crippen LogP contribution in [-0.4, -0.2) is 38.2 Å². The van der Waals surface area contributed by atoms with Crippen LogP contribution in [-0.2, 0) is 28.6 Å². The van der Waals surface area contributed by atoms with Crippen LogP contribution in [0.4, 0.5) is 0 Å². The average Bonchev–Trinajstić information content (AvgIpc) is 2.26. The predicted octanol–water partition coefficient (Wildman–Crippen LogP) is -0.180. The summed E-state index contributed by atoms with van der Waals surface area (Å²) in [6, 6.07) is 0. The second-order valence-electron chi connectivity index (χ2n) is 2.43. The molecule has 6 nitrogen and oxygen atoms in total. The average molecular weight is 216 g/mol. The molecular formula is C9H12O6. The van der Waals surface area contributed by atoms with Gasteiger partial charge in [0.25, 0.3) is 0 Å². The van der Waals surface area contributed by atoms with Gasteiger partial charge >= 0.3 is 17.9 Å². The fourth-order valence-corrected chi connectivity index (χ4v) is 0.728. The third kappa shape index (κ3) is 4.80. The molecule has 0 fully saturated rings. The molecule has 0 aromatic rings. The Morgan fingerprint density at radius 1 is 1.27 bits per heavy atom. The molecular weight excluding hydrogens is 204 g/mol. The van der Waals surface area contributed by atoms with E-state index in [-0.39, 0.29) is 6.42 Å². The Bertz CT molecular complexity index is 270. The minimum atomic E-state index is -1.30. The quantitative estimate of drug-likeness (QED) is 0.360. The van der Waals surface area contributed by atoms with Gasteiger partial charge < -0.3 is 14.2 Å². The van der Waals surface area contributed by atoms with Crippen molar-refractivity contribution in [3.8, 4) is 0 Å². The van der Waals surface area contributed by atoms with Gasteiger partial charge in [0.2, 0.25) is 6.10 Å². The largest absolute Gasteiger partial charge is 0.469 e. The summed E-state index contributed by atoms with van der Waals surface area (Å²) in [5.74, 6) is -2.31. The van der Waals surface area contributed by atoms with E-state index in [1.165, 1.54) is 0 Å². The van der Waals surface area contributed by atoms with Gasteiger partial charge in [-0.15, -0.1) is 0 Å². The molecule has 0 rings (SSSR count). The van der Waals surface area contributed by atoms with Crippen LogP contribution in [0, 0.1) is 0 Å². The summed E-state index contributed by atoms with van der Waals surface area (Å²) in [7, 11) is 2.28. The molecule has 0 N–H and O–H groups in total. The lowest BCUT2D eigenvalue weighted by atomic mass is 10.2. The number of hydrogen-bond donors (Lipinski definition) is 0. The van der Waals surface area contributed by atoms with Crippen LogP contribution in [0.2, 0.25) is 0 Å². The molecule has 0 aliphatic heterocycles. The smallest absolute Gasteiger partial charge is 0.347 e. The van der Waals surface area contributed by atoms with Crippen molar-refractivity contribution in [1.82, 2.24) is 0 Å². The van der Waals surface area contributed by atoms with E-state index in [1.807, 2.05) is 0 Å². The molecule has 0 aliphatic rings. The predicted molar refractivity (Wildman–Crippen MR) is 48.7 cm³/mol. The van der Waals surface area contributed by atoms with Crippen LogP contribution in [0.25, 0.3) is 0 Å². The highest BCUT2D eigenvalue weighted by atomic mass is 16.6. The molecule has 0 heterocycles. The minimum Gasteiger partial charge on any atom is -0.469 e. The number of hydrogen-bond acceptors (Lipinski definition) is 6. The molecule has 0 aliphatic carbocycles. The number of rotatable bonds is 5. The van der Waals surface area contributed by atoms with Gasteiger partial charge in [0.05, 0.1) is 20.6 Å². The van der Waals surface area contributed by atoms with Crippen molar-refractivity contribution in [2.75, 3.05) is 14.2 Å². The minimum absolute atomic E-state index is 0.386. The zero-order valence-corrected chi connectivity index (χ0v) is 8.52. The van der Waals surface area contributed by atoms with E-state index >= 15 is 0 Å². The van der Waals surface area contributed by atoms with Crippen LogP contribution in [0.15, 0.2) is 12.7 Å². The highest BCUT2D eigenvalue weighted by Crippen LogP contribution is 2.03. The molecule has 1 unspecified atom stereocenters. The van der Waals surface area contributed by atoms with Gasteiger partial charge in [-0.25, -0.2) is 9.59 Å². The second-order valence-corrected chi connectivity index (χ2v) is 2.43. The van der Waals surface area contributed by atoms with Crippen LogP contribution in [0.1, 0.15) is 6.42 Å². The molecule has 0 bridgehead atoms. The summed E-state index contributed by atoms with van der Waals surface area (Å²) in [5.41, 5.74) is 0. The molecule has 1 atom stereocenters. The van der Waals surface area contributed by atoms with Crippen LogP contribution < -0.4 is 0 Å². The van der Waals surface area contributed by atoms with E-state index in [0.29, 0.717) is 0 Å². The third-order valence-corrected chi connectivity index (χ3v) is 1.47. The standard InChI is InChI=1S/C9H12O6/c1-4-7(10)15-6(9(12)14-3)5-8(11)13-2/h4,6H,1,5H2,2-3H3. The van der Waals surface area contributed by atoms with Gasteiger partial charge in [0.1, 0.15) is 0 Å². The Morgan fingerprint density at radius 2 is 1.87 bits per heavy atom. The molecule has 0 saturated carbocycles. The summed E-state index contributed by atoms with van der Waals surface area (Å²) in [5, 5.41) is 0. The first kappa shape index (κ1) is 13.2. The number of esters is 3. The lowest BCUT2D eigenvalue weighted by molar-refractivity contribution is -0.167. The van der Waals surface area contributed by atoms with E-state index in [1.54, 1.807) is 0 Å². The molecule has 15 heavy (non-hydrogen) atoms. The summed E-state index contributed by atoms with van der Waals surface area (Å²) in [4.78, 5) is 32.8. The van der Waals surface area contributed by atoms with E-state index in [4.69, 9.17) is 0 Å². The monoisotopic (exact) mass is 216 g/mol. The topological polar surface area (TPSA) is 78.9 Å². The fraction of sp³-hybridized carbons (Fsp3) is 0.444. The van der Waals surface area contributed by atoms with Crippen molar-refractivity contribution in [3.63, 3.8) is 0 Å². The fourth-order valence-electron chi connectivity index (χ4n) is 0.728. The Kier molecular flexibility index (Phi) is 5.77. The normalized spacial score (nSPS) is 11.1. The Balaban J connectivity index is 4.44. The van der Waals surface area contributed by atoms with E-state index in [0.717, 1.165) is 20.3 Å². The van der Waals surface area contributed by atoms with Crippen molar-refractivity contribution in [2.24, 2.45) is 0 Å². The van der Waals surface area contributed by atoms with Crippen molar-refractivity contribution < 1.29 is 28.6 Å². The number of carbonyl (C=O) groups is 3. The molecule has 0 amide bonds. The lowest BCUT2D eigenvalue weighted by Gasteiger charge is -2.12. The SMILES string of the molecule is C=CC(=O)OC(CC(=O)OC)C(=O)OC. The third-order valence-electron chi connectivity index (χ3n) is 1.47. The van der Waals surface area contributed by atoms with E-state index < -0.39 is 24.0 Å². The van der Waals surface area contributed by atoms with Crippen molar-refractivity contribution in [2.45, 2.75) is 12.5 Å². The molecule has 0 aromatic carbocycles. The van der Waals surface area contributed by atoms with E-state index in [2.05, 4.69) is 20.8 Å². The molecule has 6 heteroatoms. The van der Waals surface area contributed by atoms with E-state index in [9.17, 15) is 14.4 Å². The highest BCUT2D eigenvalue weighted by molar-refractivity contribution is 5.87. The molecule has 0 radical (unpaired) electrons. The molecule has 0 aromatic heterocycles. The Hall–Kier alpha value is -1.85. The first-order valence-electron chi connectivity index (χ1n) is 4.02. The summed E-state index contributed by atoms with van der Waals surface area (Å²) < 4.78 is 13.3. The van der Waals surface area contributed by atoms with Crippen molar-refractivity contribution >= 4 is 17.9 Å². The molecule has 84 valence electrons. The number of ether oxygens (including phenoxy) is 3. The zero-order chi connectivity index (χ0) is 11.8. The summed E-state index contributed by atoms with van der Waals surface area (Å²) in [6.45, 7) is 3.16. The number of carbonyl (C=O) groups excluding carboxylic acids is 3. The molecule has 0 saturated heterocycles. The zero-order valence-electron chi connectivity index (χ0n) is 8.52. The maximum atomic E-state index is 11.1. The molecule has 0 spiro atoms. The lowest BCUT2D eigenvalue weighted by Crippen LogP contribution is -2.30. The van der Waals surface area contributed by atoms with Gasteiger partial charge in [0, 0.05) is 6.08 Å². The first-order chi connectivity index (χ1) is 7.04. The summed E-state index contributed by atoms with van der Waals surface area (Å²) in [6.07, 6.45) is -0.802. The van der Waals surface area contributed by atoms with Gasteiger partial charge in [0.15, 0.2) is 0 Å². The van der Waals surface area contributed by atoms with Gasteiger partial charge in [-0.2, -0.15) is 0 Å².